The van der Waals surface area contributed by atoms with Crippen molar-refractivity contribution >= 4 is 17.4 Å². The second-order valence-corrected chi connectivity index (χ2v) is 5.54. The van der Waals surface area contributed by atoms with E-state index in [0.29, 0.717) is 11.3 Å². The van der Waals surface area contributed by atoms with Crippen LogP contribution in [-0.2, 0) is 9.59 Å². The summed E-state index contributed by atoms with van der Waals surface area (Å²) in [4.78, 5) is 24.5. The van der Waals surface area contributed by atoms with Crippen LogP contribution in [0.5, 0.6) is 0 Å². The summed E-state index contributed by atoms with van der Waals surface area (Å²) in [6.45, 7) is 5.71. The summed E-state index contributed by atoms with van der Waals surface area (Å²) in [5, 5.41) is 11.9. The zero-order chi connectivity index (χ0) is 17.0. The zero-order valence-corrected chi connectivity index (χ0v) is 13.4. The van der Waals surface area contributed by atoms with Crippen molar-refractivity contribution < 1.29 is 9.59 Å². The molecule has 4 nitrogen and oxygen atoms in total. The molecule has 0 heterocycles. The van der Waals surface area contributed by atoms with Crippen LogP contribution >= 0.6 is 0 Å². The lowest BCUT2D eigenvalue weighted by Crippen LogP contribution is -2.28. The molecule has 1 amide bonds. The standard InChI is InChI=1S/C19H18N2O2/c1-12-8-9-15(10-14(12)3)21-19(23)18(22)17(11-20)16-7-5-4-6-13(16)2/h4-10,17H,1-3H3,(H,21,23)/t17-/m1/s1. The van der Waals surface area contributed by atoms with Crippen LogP contribution in [0, 0.1) is 32.1 Å². The number of nitrogens with one attached hydrogen (secondary N) is 1. The van der Waals surface area contributed by atoms with E-state index in [4.69, 9.17) is 0 Å². The third-order valence-corrected chi connectivity index (χ3v) is 3.88. The summed E-state index contributed by atoms with van der Waals surface area (Å²) in [6, 6.07) is 14.4. The van der Waals surface area contributed by atoms with Crippen LogP contribution in [0.2, 0.25) is 0 Å². The lowest BCUT2D eigenvalue weighted by Gasteiger charge is -2.12. The van der Waals surface area contributed by atoms with Crippen LogP contribution in [0.4, 0.5) is 5.69 Å². The summed E-state index contributed by atoms with van der Waals surface area (Å²) >= 11 is 0. The van der Waals surface area contributed by atoms with Crippen molar-refractivity contribution in [3.05, 3.63) is 64.7 Å². The molecular weight excluding hydrogens is 288 g/mol. The highest BCUT2D eigenvalue weighted by Gasteiger charge is 2.27. The minimum Gasteiger partial charge on any atom is -0.319 e. The fraction of sp³-hybridized carbons (Fsp3) is 0.211. The van der Waals surface area contributed by atoms with E-state index in [-0.39, 0.29) is 0 Å². The molecule has 0 bridgehead atoms. The Labute approximate surface area is 135 Å². The SMILES string of the molecule is Cc1ccc(NC(=O)C(=O)[C@H](C#N)c2ccccc2C)cc1C. The molecule has 1 N–H and O–H groups in total. The molecule has 0 radical (unpaired) electrons. The number of nitriles is 1. The maximum absolute atomic E-state index is 12.3. The molecule has 4 heteroatoms. The number of nitrogens with zero attached hydrogens (tertiary/aromatic N) is 1. The van der Waals surface area contributed by atoms with E-state index in [0.717, 1.165) is 16.7 Å². The molecule has 0 aliphatic heterocycles. The lowest BCUT2D eigenvalue weighted by atomic mass is 9.92. The van der Waals surface area contributed by atoms with Crippen molar-refractivity contribution in [2.75, 3.05) is 5.32 Å². The first-order chi connectivity index (χ1) is 10.9. The predicted molar refractivity (Wildman–Crippen MR) is 89.1 cm³/mol. The molecule has 2 aromatic carbocycles. The van der Waals surface area contributed by atoms with Gasteiger partial charge in [-0.05, 0) is 55.2 Å². The van der Waals surface area contributed by atoms with Crippen LogP contribution in [0.1, 0.15) is 28.2 Å². The van der Waals surface area contributed by atoms with Gasteiger partial charge < -0.3 is 5.32 Å². The maximum atomic E-state index is 12.3. The summed E-state index contributed by atoms with van der Waals surface area (Å²) in [5.74, 6) is -2.62. The number of benzene rings is 2. The van der Waals surface area contributed by atoms with Gasteiger partial charge in [-0.15, -0.1) is 0 Å². The summed E-state index contributed by atoms with van der Waals surface area (Å²) in [6.07, 6.45) is 0. The Bertz CT molecular complexity index is 803. The van der Waals surface area contributed by atoms with Gasteiger partial charge in [0.25, 0.3) is 5.91 Å². The molecule has 0 saturated heterocycles. The number of Topliss-reactive ketones (excluding diaryl/α,β-unsaturated/α-hetero) is 1. The first kappa shape index (κ1) is 16.4. The van der Waals surface area contributed by atoms with Gasteiger partial charge in [-0.1, -0.05) is 30.3 Å². The number of hydrogen-bond donors (Lipinski definition) is 1. The van der Waals surface area contributed by atoms with Gasteiger partial charge >= 0.3 is 0 Å². The van der Waals surface area contributed by atoms with Crippen LogP contribution in [-0.4, -0.2) is 11.7 Å². The van der Waals surface area contributed by atoms with Gasteiger partial charge in [0.2, 0.25) is 5.78 Å². The number of carbonyl (C=O) groups excluding carboxylic acids is 2. The Balaban J connectivity index is 2.21. The monoisotopic (exact) mass is 306 g/mol. The Hall–Kier alpha value is -2.93. The van der Waals surface area contributed by atoms with Gasteiger partial charge in [-0.3, -0.25) is 9.59 Å². The number of amides is 1. The van der Waals surface area contributed by atoms with Gasteiger partial charge in [-0.25, -0.2) is 0 Å². The van der Waals surface area contributed by atoms with Crippen LogP contribution in [0.3, 0.4) is 0 Å². The molecule has 0 aliphatic carbocycles. The molecular formula is C19H18N2O2. The largest absolute Gasteiger partial charge is 0.319 e. The maximum Gasteiger partial charge on any atom is 0.293 e. The Morgan fingerprint density at radius 1 is 1.00 bits per heavy atom. The van der Waals surface area contributed by atoms with Gasteiger partial charge in [0.15, 0.2) is 0 Å². The minimum atomic E-state index is -1.09. The van der Waals surface area contributed by atoms with E-state index >= 15 is 0 Å². The second-order valence-electron chi connectivity index (χ2n) is 5.54. The van der Waals surface area contributed by atoms with E-state index in [1.165, 1.54) is 0 Å². The topological polar surface area (TPSA) is 70.0 Å². The zero-order valence-electron chi connectivity index (χ0n) is 13.4. The van der Waals surface area contributed by atoms with Crippen molar-refractivity contribution in [2.24, 2.45) is 0 Å². The second kappa shape index (κ2) is 6.89. The summed E-state index contributed by atoms with van der Waals surface area (Å²) in [7, 11) is 0. The number of hydrogen-bond acceptors (Lipinski definition) is 3. The average molecular weight is 306 g/mol. The van der Waals surface area contributed by atoms with E-state index in [1.54, 1.807) is 24.3 Å². The van der Waals surface area contributed by atoms with Gasteiger partial charge in [0, 0.05) is 5.69 Å². The van der Waals surface area contributed by atoms with Crippen molar-refractivity contribution in [3.8, 4) is 6.07 Å². The summed E-state index contributed by atoms with van der Waals surface area (Å²) < 4.78 is 0. The highest BCUT2D eigenvalue weighted by molar-refractivity contribution is 6.43. The van der Waals surface area contributed by atoms with Crippen LogP contribution in [0.15, 0.2) is 42.5 Å². The van der Waals surface area contributed by atoms with Crippen molar-refractivity contribution in [2.45, 2.75) is 26.7 Å². The number of carbonyl (C=O) groups is 2. The van der Waals surface area contributed by atoms with E-state index < -0.39 is 17.6 Å². The Kier molecular flexibility index (Phi) is 4.92. The highest BCUT2D eigenvalue weighted by Crippen LogP contribution is 2.21. The number of ketones is 1. The Morgan fingerprint density at radius 3 is 2.30 bits per heavy atom. The molecule has 116 valence electrons. The van der Waals surface area contributed by atoms with Gasteiger partial charge in [-0.2, -0.15) is 5.26 Å². The molecule has 0 saturated carbocycles. The molecule has 23 heavy (non-hydrogen) atoms. The average Bonchev–Trinajstić information content (AvgIpc) is 2.53. The fourth-order valence-electron chi connectivity index (χ4n) is 2.32. The quantitative estimate of drug-likeness (QED) is 0.880. The Morgan fingerprint density at radius 2 is 1.70 bits per heavy atom. The first-order valence-corrected chi connectivity index (χ1v) is 7.31. The number of rotatable bonds is 4. The third-order valence-electron chi connectivity index (χ3n) is 3.88. The highest BCUT2D eigenvalue weighted by atomic mass is 16.2. The fourth-order valence-corrected chi connectivity index (χ4v) is 2.32. The predicted octanol–water partition coefficient (Wildman–Crippen LogP) is 3.43. The number of anilines is 1. The van der Waals surface area contributed by atoms with E-state index in [1.807, 2.05) is 45.0 Å². The third kappa shape index (κ3) is 3.64. The van der Waals surface area contributed by atoms with E-state index in [9.17, 15) is 14.9 Å². The molecule has 0 fully saturated rings. The number of aryl methyl sites for hydroxylation is 3. The first-order valence-electron chi connectivity index (χ1n) is 7.31. The minimum absolute atomic E-state index is 0.549. The van der Waals surface area contributed by atoms with Crippen molar-refractivity contribution in [3.63, 3.8) is 0 Å². The smallest absolute Gasteiger partial charge is 0.293 e. The van der Waals surface area contributed by atoms with Crippen LogP contribution in [0.25, 0.3) is 0 Å². The van der Waals surface area contributed by atoms with Crippen LogP contribution < -0.4 is 5.32 Å². The lowest BCUT2D eigenvalue weighted by molar-refractivity contribution is -0.135. The normalized spacial score (nSPS) is 11.4. The molecule has 0 spiro atoms. The molecule has 1 atom stereocenters. The molecule has 0 aromatic heterocycles. The van der Waals surface area contributed by atoms with E-state index in [2.05, 4.69) is 5.32 Å². The molecule has 2 rings (SSSR count). The molecule has 0 aliphatic rings. The molecule has 2 aromatic rings. The molecule has 0 unspecified atom stereocenters. The van der Waals surface area contributed by atoms with Gasteiger partial charge in [0.05, 0.1) is 6.07 Å². The van der Waals surface area contributed by atoms with Crippen molar-refractivity contribution in [1.29, 1.82) is 5.26 Å². The van der Waals surface area contributed by atoms with Gasteiger partial charge in [0.1, 0.15) is 5.92 Å². The van der Waals surface area contributed by atoms with Crippen molar-refractivity contribution in [1.82, 2.24) is 0 Å². The summed E-state index contributed by atoms with van der Waals surface area (Å²) in [5.41, 5.74) is 4.05.